The van der Waals surface area contributed by atoms with Crippen LogP contribution in [0.5, 0.6) is 0 Å². The molecule has 0 saturated carbocycles. The first kappa shape index (κ1) is 15.3. The number of rotatable bonds is 3. The van der Waals surface area contributed by atoms with Crippen LogP contribution < -0.4 is 11.1 Å². The molecule has 0 aliphatic carbocycles. The fourth-order valence-corrected chi connectivity index (χ4v) is 3.24. The molecular weight excluding hydrogens is 338 g/mol. The van der Waals surface area contributed by atoms with Gasteiger partial charge in [0, 0.05) is 16.5 Å². The zero-order chi connectivity index (χ0) is 17.4. The number of hydrogen-bond acceptors (Lipinski definition) is 5. The molecule has 4 rings (SSSR count). The average molecular weight is 351 g/mol. The van der Waals surface area contributed by atoms with Crippen LogP contribution >= 0.6 is 11.3 Å². The van der Waals surface area contributed by atoms with E-state index in [0.717, 1.165) is 11.1 Å². The second kappa shape index (κ2) is 6.03. The SMILES string of the molecule is Cc1cccc(C(=O)Nc2nc(-c3ccc4[nH]c(=O)oc4c3)cs2)c1. The third kappa shape index (κ3) is 3.09. The first-order valence-corrected chi connectivity index (χ1v) is 8.43. The van der Waals surface area contributed by atoms with Gasteiger partial charge in [0.1, 0.15) is 0 Å². The van der Waals surface area contributed by atoms with E-state index >= 15 is 0 Å². The quantitative estimate of drug-likeness (QED) is 0.587. The van der Waals surface area contributed by atoms with Gasteiger partial charge in [-0.3, -0.25) is 15.1 Å². The number of carbonyl (C=O) groups excluding carboxylic acids is 1. The molecule has 2 heterocycles. The molecule has 2 aromatic heterocycles. The van der Waals surface area contributed by atoms with Crippen molar-refractivity contribution >= 4 is 33.5 Å². The van der Waals surface area contributed by atoms with Crippen molar-refractivity contribution in [1.29, 1.82) is 0 Å². The minimum Gasteiger partial charge on any atom is -0.408 e. The highest BCUT2D eigenvalue weighted by molar-refractivity contribution is 7.14. The maximum atomic E-state index is 12.3. The summed E-state index contributed by atoms with van der Waals surface area (Å²) in [6.45, 7) is 1.94. The molecular formula is C18H13N3O3S. The van der Waals surface area contributed by atoms with Crippen molar-refractivity contribution < 1.29 is 9.21 Å². The minimum absolute atomic E-state index is 0.198. The fraction of sp³-hybridized carbons (Fsp3) is 0.0556. The highest BCUT2D eigenvalue weighted by Crippen LogP contribution is 2.27. The molecule has 0 bridgehead atoms. The molecule has 6 nitrogen and oxygen atoms in total. The lowest BCUT2D eigenvalue weighted by atomic mass is 10.1. The Bertz CT molecular complexity index is 1140. The standard InChI is InChI=1S/C18H13N3O3S/c1-10-3-2-4-12(7-10)16(22)21-17-19-14(9-25-17)11-5-6-13-15(8-11)24-18(23)20-13/h2-9H,1H3,(H,20,23)(H,19,21,22). The van der Waals surface area contributed by atoms with Crippen LogP contribution in [0.1, 0.15) is 15.9 Å². The van der Waals surface area contributed by atoms with Crippen molar-refractivity contribution in [2.24, 2.45) is 0 Å². The average Bonchev–Trinajstić information content (AvgIpc) is 3.19. The Morgan fingerprint density at radius 3 is 2.96 bits per heavy atom. The number of anilines is 1. The van der Waals surface area contributed by atoms with E-state index in [1.165, 1.54) is 11.3 Å². The highest BCUT2D eigenvalue weighted by atomic mass is 32.1. The van der Waals surface area contributed by atoms with Gasteiger partial charge in [0.25, 0.3) is 5.91 Å². The Morgan fingerprint density at radius 1 is 1.24 bits per heavy atom. The summed E-state index contributed by atoms with van der Waals surface area (Å²) in [4.78, 5) is 30.6. The molecule has 1 amide bonds. The van der Waals surface area contributed by atoms with Crippen molar-refractivity contribution in [3.63, 3.8) is 0 Å². The summed E-state index contributed by atoms with van der Waals surface area (Å²) >= 11 is 1.34. The summed E-state index contributed by atoms with van der Waals surface area (Å²) in [6, 6.07) is 12.7. The van der Waals surface area contributed by atoms with Gasteiger partial charge in [-0.15, -0.1) is 11.3 Å². The summed E-state index contributed by atoms with van der Waals surface area (Å²) in [5.41, 5.74) is 4.23. The van der Waals surface area contributed by atoms with E-state index in [1.807, 2.05) is 36.6 Å². The van der Waals surface area contributed by atoms with Gasteiger partial charge in [0.2, 0.25) is 0 Å². The molecule has 7 heteroatoms. The number of nitrogens with one attached hydrogen (secondary N) is 2. The molecule has 2 N–H and O–H groups in total. The molecule has 2 aromatic carbocycles. The number of carbonyl (C=O) groups is 1. The number of nitrogens with zero attached hydrogens (tertiary/aromatic N) is 1. The fourth-order valence-electron chi connectivity index (χ4n) is 2.52. The van der Waals surface area contributed by atoms with E-state index in [4.69, 9.17) is 4.42 Å². The topological polar surface area (TPSA) is 88.0 Å². The molecule has 124 valence electrons. The highest BCUT2D eigenvalue weighted by Gasteiger charge is 2.11. The lowest BCUT2D eigenvalue weighted by Crippen LogP contribution is -2.11. The molecule has 0 aliphatic heterocycles. The summed E-state index contributed by atoms with van der Waals surface area (Å²) in [6.07, 6.45) is 0. The van der Waals surface area contributed by atoms with Crippen molar-refractivity contribution in [2.75, 3.05) is 5.32 Å². The number of fused-ring (bicyclic) bond motifs is 1. The van der Waals surface area contributed by atoms with E-state index in [1.54, 1.807) is 18.2 Å². The summed E-state index contributed by atoms with van der Waals surface area (Å²) in [5.74, 6) is -0.687. The largest absolute Gasteiger partial charge is 0.417 e. The van der Waals surface area contributed by atoms with E-state index < -0.39 is 5.76 Å². The van der Waals surface area contributed by atoms with Crippen LogP contribution in [0.2, 0.25) is 0 Å². The molecule has 0 aliphatic rings. The van der Waals surface area contributed by atoms with Crippen LogP contribution in [0.25, 0.3) is 22.4 Å². The third-order valence-electron chi connectivity index (χ3n) is 3.72. The number of aromatic nitrogens is 2. The number of amides is 1. The van der Waals surface area contributed by atoms with Crippen LogP contribution in [-0.2, 0) is 0 Å². The smallest absolute Gasteiger partial charge is 0.408 e. The van der Waals surface area contributed by atoms with Crippen LogP contribution in [0, 0.1) is 6.92 Å². The van der Waals surface area contributed by atoms with Gasteiger partial charge in [-0.05, 0) is 31.2 Å². The van der Waals surface area contributed by atoms with E-state index in [9.17, 15) is 9.59 Å². The van der Waals surface area contributed by atoms with Gasteiger partial charge >= 0.3 is 5.76 Å². The zero-order valence-electron chi connectivity index (χ0n) is 13.2. The van der Waals surface area contributed by atoms with E-state index in [2.05, 4.69) is 15.3 Å². The Labute approximate surface area is 146 Å². The van der Waals surface area contributed by atoms with Gasteiger partial charge in [-0.2, -0.15) is 0 Å². The number of hydrogen-bond donors (Lipinski definition) is 2. The maximum Gasteiger partial charge on any atom is 0.417 e. The second-order valence-electron chi connectivity index (χ2n) is 5.59. The molecule has 25 heavy (non-hydrogen) atoms. The maximum absolute atomic E-state index is 12.3. The molecule has 0 fully saturated rings. The number of oxazole rings is 1. The monoisotopic (exact) mass is 351 g/mol. The lowest BCUT2D eigenvalue weighted by Gasteiger charge is -2.02. The van der Waals surface area contributed by atoms with Crippen molar-refractivity contribution in [3.05, 3.63) is 69.5 Å². The summed E-state index contributed by atoms with van der Waals surface area (Å²) in [5, 5.41) is 5.16. The first-order chi connectivity index (χ1) is 12.1. The van der Waals surface area contributed by atoms with Crippen LogP contribution in [0.15, 0.2) is 57.1 Å². The van der Waals surface area contributed by atoms with Crippen LogP contribution in [0.3, 0.4) is 0 Å². The minimum atomic E-state index is -0.489. The Hall–Kier alpha value is -3.19. The zero-order valence-corrected chi connectivity index (χ0v) is 14.0. The number of aryl methyl sites for hydroxylation is 1. The van der Waals surface area contributed by atoms with Crippen LogP contribution in [0.4, 0.5) is 5.13 Å². The molecule has 0 atom stereocenters. The predicted octanol–water partition coefficient (Wildman–Crippen LogP) is 3.81. The second-order valence-corrected chi connectivity index (χ2v) is 6.45. The van der Waals surface area contributed by atoms with E-state index in [-0.39, 0.29) is 5.91 Å². The number of benzene rings is 2. The molecule has 0 spiro atoms. The van der Waals surface area contributed by atoms with Gasteiger partial charge < -0.3 is 4.42 Å². The Morgan fingerprint density at radius 2 is 2.12 bits per heavy atom. The van der Waals surface area contributed by atoms with Gasteiger partial charge in [0.05, 0.1) is 11.2 Å². The molecule has 4 aromatic rings. The van der Waals surface area contributed by atoms with Crippen molar-refractivity contribution in [2.45, 2.75) is 6.92 Å². The van der Waals surface area contributed by atoms with Gasteiger partial charge in [0.15, 0.2) is 10.7 Å². The number of aromatic amines is 1. The summed E-state index contributed by atoms with van der Waals surface area (Å²) < 4.78 is 5.07. The summed E-state index contributed by atoms with van der Waals surface area (Å²) in [7, 11) is 0. The lowest BCUT2D eigenvalue weighted by molar-refractivity contribution is 0.102. The van der Waals surface area contributed by atoms with E-state index in [0.29, 0.717) is 27.5 Å². The van der Waals surface area contributed by atoms with Gasteiger partial charge in [-0.1, -0.05) is 23.8 Å². The Kier molecular flexibility index (Phi) is 3.70. The normalized spacial score (nSPS) is 10.9. The van der Waals surface area contributed by atoms with Crippen LogP contribution in [-0.4, -0.2) is 15.9 Å². The first-order valence-electron chi connectivity index (χ1n) is 7.55. The Balaban J connectivity index is 1.58. The number of H-pyrrole nitrogens is 1. The molecule has 0 saturated heterocycles. The third-order valence-corrected chi connectivity index (χ3v) is 4.48. The van der Waals surface area contributed by atoms with Crippen molar-refractivity contribution in [3.8, 4) is 11.3 Å². The number of thiazole rings is 1. The predicted molar refractivity (Wildman–Crippen MR) is 97.1 cm³/mol. The molecule has 0 unspecified atom stereocenters. The molecule has 0 radical (unpaired) electrons. The van der Waals surface area contributed by atoms with Crippen molar-refractivity contribution in [1.82, 2.24) is 9.97 Å². The van der Waals surface area contributed by atoms with Gasteiger partial charge in [-0.25, -0.2) is 9.78 Å².